The molecule has 3 fully saturated rings. The molecule has 1 aromatic heterocycles. The van der Waals surface area contributed by atoms with Crippen molar-refractivity contribution in [1.82, 2.24) is 9.88 Å². The highest BCUT2D eigenvalue weighted by atomic mass is 35.5. The summed E-state index contributed by atoms with van der Waals surface area (Å²) in [5.41, 5.74) is 15.6. The van der Waals surface area contributed by atoms with E-state index >= 15 is 4.39 Å². The van der Waals surface area contributed by atoms with Crippen molar-refractivity contribution in [1.29, 1.82) is 0 Å². The van der Waals surface area contributed by atoms with E-state index in [1.54, 1.807) is 18.2 Å². The van der Waals surface area contributed by atoms with Crippen molar-refractivity contribution < 1.29 is 13.9 Å². The van der Waals surface area contributed by atoms with Gasteiger partial charge in [-0.15, -0.1) is 0 Å². The minimum atomic E-state index is -1.37. The zero-order valence-electron chi connectivity index (χ0n) is 25.8. The van der Waals surface area contributed by atoms with Crippen LogP contribution in [0.4, 0.5) is 10.1 Å². The van der Waals surface area contributed by atoms with Gasteiger partial charge in [-0.05, 0) is 66.0 Å². The summed E-state index contributed by atoms with van der Waals surface area (Å²) >= 11 is 12.8. The second kappa shape index (κ2) is 11.3. The van der Waals surface area contributed by atoms with Gasteiger partial charge in [0.15, 0.2) is 11.0 Å². The number of aromatic nitrogens is 1. The number of carbonyl (C=O) groups excluding carboxylic acids is 1. The molecule has 1 saturated carbocycles. The Hall–Kier alpha value is -3.49. The van der Waals surface area contributed by atoms with Crippen molar-refractivity contribution in [3.63, 3.8) is 0 Å². The predicted molar refractivity (Wildman–Crippen MR) is 179 cm³/mol. The molecule has 5 atom stereocenters. The molecule has 2 saturated heterocycles. The molecular weight excluding hydrogens is 622 g/mol. The Bertz CT molecular complexity index is 1780. The Morgan fingerprint density at radius 2 is 1.52 bits per heavy atom. The molecule has 4 N–H and O–H groups in total. The minimum Gasteiger partial charge on any atom is -0.454 e. The molecule has 3 aliphatic rings. The smallest absolute Gasteiger partial charge is 0.324 e. The second-order valence-electron chi connectivity index (χ2n) is 13.8. The van der Waals surface area contributed by atoms with Crippen LogP contribution < -0.4 is 11.5 Å². The van der Waals surface area contributed by atoms with Gasteiger partial charge in [0, 0.05) is 33.9 Å². The van der Waals surface area contributed by atoms with E-state index in [-0.39, 0.29) is 16.1 Å². The van der Waals surface area contributed by atoms with Gasteiger partial charge < -0.3 is 16.2 Å². The number of benzene rings is 3. The first kappa shape index (κ1) is 31.1. The largest absolute Gasteiger partial charge is 0.454 e. The molecule has 9 heteroatoms. The van der Waals surface area contributed by atoms with Gasteiger partial charge >= 0.3 is 5.97 Å². The molecule has 0 amide bonds. The average Bonchev–Trinajstić information content (AvgIpc) is 3.26. The van der Waals surface area contributed by atoms with Gasteiger partial charge in [-0.1, -0.05) is 104 Å². The molecule has 238 valence electrons. The number of morpholine rings is 1. The number of nitrogens with two attached hydrogens (primary N) is 2. The maximum atomic E-state index is 16.3. The van der Waals surface area contributed by atoms with Crippen LogP contribution in [-0.2, 0) is 15.1 Å². The Balaban J connectivity index is 1.58. The molecule has 0 unspecified atom stereocenters. The third-order valence-corrected chi connectivity index (χ3v) is 11.3. The number of ether oxygens (including phenoxy) is 1. The predicted octanol–water partition coefficient (Wildman–Crippen LogP) is 8.11. The molecule has 1 aliphatic carbocycles. The molecule has 3 heterocycles. The van der Waals surface area contributed by atoms with E-state index in [4.69, 9.17) is 39.4 Å². The third kappa shape index (κ3) is 4.66. The van der Waals surface area contributed by atoms with Crippen molar-refractivity contribution in [2.75, 3.05) is 5.73 Å². The van der Waals surface area contributed by atoms with Gasteiger partial charge in [0.2, 0.25) is 0 Å². The van der Waals surface area contributed by atoms with Crippen LogP contribution in [0.1, 0.15) is 79.8 Å². The number of nitrogens with zero attached hydrogens (tertiary/aromatic N) is 2. The molecule has 2 aliphatic heterocycles. The number of pyridine rings is 1. The quantitative estimate of drug-likeness (QED) is 0.131. The molecule has 1 spiro atoms. The van der Waals surface area contributed by atoms with Crippen molar-refractivity contribution in [3.8, 4) is 0 Å². The van der Waals surface area contributed by atoms with Gasteiger partial charge in [-0.25, -0.2) is 9.37 Å². The highest BCUT2D eigenvalue weighted by Gasteiger charge is 2.73. The number of rotatable bonds is 4. The van der Waals surface area contributed by atoms with Crippen molar-refractivity contribution in [2.45, 2.75) is 74.7 Å². The first-order valence-electron chi connectivity index (χ1n) is 15.7. The second-order valence-corrected chi connectivity index (χ2v) is 14.5. The third-order valence-electron chi connectivity index (χ3n) is 10.8. The lowest BCUT2D eigenvalue weighted by Crippen LogP contribution is -2.66. The molecule has 46 heavy (non-hydrogen) atoms. The fourth-order valence-electron chi connectivity index (χ4n) is 8.58. The molecule has 3 aromatic carbocycles. The first-order valence-corrected chi connectivity index (χ1v) is 16.5. The lowest BCUT2D eigenvalue weighted by molar-refractivity contribution is -0.183. The first-order chi connectivity index (χ1) is 22.0. The fraction of sp³-hybridized carbons (Fsp3) is 0.351. The summed E-state index contributed by atoms with van der Waals surface area (Å²) in [4.78, 5) is 21.0. The highest BCUT2D eigenvalue weighted by Crippen LogP contribution is 2.67. The van der Waals surface area contributed by atoms with E-state index in [1.165, 1.54) is 6.20 Å². The normalized spacial score (nSPS) is 28.5. The van der Waals surface area contributed by atoms with Crippen LogP contribution in [0.3, 0.4) is 0 Å². The summed E-state index contributed by atoms with van der Waals surface area (Å²) in [6, 6.07) is 25.3. The lowest BCUT2D eigenvalue weighted by Gasteiger charge is -2.57. The van der Waals surface area contributed by atoms with Gasteiger partial charge in [-0.3, -0.25) is 9.69 Å². The van der Waals surface area contributed by atoms with E-state index in [9.17, 15) is 4.79 Å². The number of cyclic esters (lactones) is 1. The summed E-state index contributed by atoms with van der Waals surface area (Å²) < 4.78 is 22.8. The maximum absolute atomic E-state index is 16.3. The molecule has 6 nitrogen and oxygen atoms in total. The van der Waals surface area contributed by atoms with Crippen molar-refractivity contribution >= 4 is 34.9 Å². The highest BCUT2D eigenvalue weighted by molar-refractivity contribution is 6.31. The number of esters is 1. The Labute approximate surface area is 278 Å². The van der Waals surface area contributed by atoms with Crippen LogP contribution in [-0.4, -0.2) is 27.4 Å². The van der Waals surface area contributed by atoms with E-state index < -0.39 is 47.0 Å². The molecule has 0 radical (unpaired) electrons. The van der Waals surface area contributed by atoms with Crippen molar-refractivity contribution in [3.05, 3.63) is 129 Å². The summed E-state index contributed by atoms with van der Waals surface area (Å²) in [5, 5.41) is 0.173. The SMILES string of the molecule is CC1(C)CCC2(CC1)N1[C@H](c3ccccc3)[C@H](c3ccccc3)OC(=O)[C@H]1[C@H](c1ccnc(Cl)c1F)[C@]2(N)c1ccc(Cl)cc1N. The van der Waals surface area contributed by atoms with Gasteiger partial charge in [-0.2, -0.15) is 0 Å². The number of fused-ring (bicyclic) bond motifs is 2. The Kier molecular flexibility index (Phi) is 7.67. The van der Waals surface area contributed by atoms with Gasteiger partial charge in [0.05, 0.1) is 11.6 Å². The van der Waals surface area contributed by atoms with Crippen molar-refractivity contribution in [2.24, 2.45) is 11.1 Å². The van der Waals surface area contributed by atoms with Crippen LogP contribution in [0.5, 0.6) is 0 Å². The fourth-order valence-corrected chi connectivity index (χ4v) is 8.93. The Morgan fingerprint density at radius 3 is 2.15 bits per heavy atom. The minimum absolute atomic E-state index is 0.0356. The standard InChI is InChI=1S/C37H37Cl2FN4O2/c1-35(2)16-18-36(19-17-35)37(42,26-14-13-24(38)21-27(26)41)28(25-15-20-43-33(39)29(25)40)31-34(45)46-32(23-11-7-4-8-12-23)30(44(31)36)22-9-5-3-6-10-22/h3-15,20-21,28,30-32H,16-19,41-42H2,1-2H3/t28-,30+,31+,32-,37+/m0/s1. The van der Waals surface area contributed by atoms with E-state index in [0.29, 0.717) is 29.1 Å². The number of nitrogen functional groups attached to an aromatic ring is 1. The number of hydrogen-bond donors (Lipinski definition) is 2. The summed E-state index contributed by atoms with van der Waals surface area (Å²) in [6.07, 6.45) is 3.77. The van der Waals surface area contributed by atoms with Gasteiger partial charge in [0.25, 0.3) is 0 Å². The molecule has 0 bridgehead atoms. The average molecular weight is 660 g/mol. The van der Waals surface area contributed by atoms with Crippen LogP contribution >= 0.6 is 23.2 Å². The summed E-state index contributed by atoms with van der Waals surface area (Å²) in [7, 11) is 0. The topological polar surface area (TPSA) is 94.5 Å². The van der Waals surface area contributed by atoms with Crippen LogP contribution in [0.15, 0.2) is 91.1 Å². The number of halogens is 3. The number of carbonyl (C=O) groups is 1. The summed E-state index contributed by atoms with van der Waals surface area (Å²) in [6.45, 7) is 4.51. The van der Waals surface area contributed by atoms with Crippen LogP contribution in [0, 0.1) is 11.2 Å². The maximum Gasteiger partial charge on any atom is 0.324 e. The number of anilines is 1. The molecule has 4 aromatic rings. The Morgan fingerprint density at radius 1 is 0.891 bits per heavy atom. The monoisotopic (exact) mass is 658 g/mol. The molecular formula is C37H37Cl2FN4O2. The lowest BCUT2D eigenvalue weighted by atomic mass is 9.57. The van der Waals surface area contributed by atoms with E-state index in [2.05, 4.69) is 35.9 Å². The van der Waals surface area contributed by atoms with Crippen LogP contribution in [0.25, 0.3) is 0 Å². The zero-order chi connectivity index (χ0) is 32.4. The van der Waals surface area contributed by atoms with Gasteiger partial charge in [0.1, 0.15) is 12.1 Å². The zero-order valence-corrected chi connectivity index (χ0v) is 27.3. The molecule has 7 rings (SSSR count). The summed E-state index contributed by atoms with van der Waals surface area (Å²) in [5.74, 6) is -2.10. The number of hydrogen-bond acceptors (Lipinski definition) is 6. The van der Waals surface area contributed by atoms with E-state index in [0.717, 1.165) is 24.0 Å². The van der Waals surface area contributed by atoms with E-state index in [1.807, 2.05) is 54.6 Å². The van der Waals surface area contributed by atoms with Crippen LogP contribution in [0.2, 0.25) is 10.2 Å².